The van der Waals surface area contributed by atoms with Crippen molar-refractivity contribution >= 4 is 34.3 Å². The Morgan fingerprint density at radius 3 is 2.38 bits per heavy atom. The second kappa shape index (κ2) is 8.48. The molecule has 1 aliphatic heterocycles. The van der Waals surface area contributed by atoms with Crippen LogP contribution in [0.1, 0.15) is 0 Å². The number of hydrogen-bond acceptors (Lipinski definition) is 2. The van der Waals surface area contributed by atoms with Gasteiger partial charge in [-0.05, 0) is 0 Å². The topological polar surface area (TPSA) is 12.4 Å². The van der Waals surface area contributed by atoms with E-state index < -0.39 is 20.8 Å². The summed E-state index contributed by atoms with van der Waals surface area (Å²) < 4.78 is 0. The molecule has 0 aromatic carbocycles. The molecule has 0 atom stereocenters. The van der Waals surface area contributed by atoms with Crippen molar-refractivity contribution in [3.63, 3.8) is 0 Å². The molecule has 0 amide bonds. The van der Waals surface area contributed by atoms with Gasteiger partial charge in [0.15, 0.2) is 0 Å². The Balaban J connectivity index is 0.000000145. The number of aliphatic imine (C=N–C) groups is 1. The minimum absolute atomic E-state index is 0.826. The Morgan fingerprint density at radius 1 is 1.62 bits per heavy atom. The van der Waals surface area contributed by atoms with E-state index in [1.165, 1.54) is 0 Å². The van der Waals surface area contributed by atoms with Gasteiger partial charge < -0.3 is 0 Å². The van der Waals surface area contributed by atoms with Gasteiger partial charge in [0.1, 0.15) is 5.55 Å². The molecule has 0 saturated heterocycles. The first-order valence-electron chi connectivity index (χ1n) is 1.91. The van der Waals surface area contributed by atoms with E-state index in [1.807, 2.05) is 0 Å². The Kier molecular flexibility index (Phi) is 10.1. The van der Waals surface area contributed by atoms with E-state index >= 15 is 0 Å². The van der Waals surface area contributed by atoms with Crippen LogP contribution in [0.3, 0.4) is 0 Å². The number of halogens is 2. The summed E-state index contributed by atoms with van der Waals surface area (Å²) in [5.74, 6) is 1.14. The molecule has 1 radical (unpaired) electrons. The third-order valence-electron chi connectivity index (χ3n) is 0.434. The van der Waals surface area contributed by atoms with Crippen LogP contribution in [0.5, 0.6) is 0 Å². The van der Waals surface area contributed by atoms with E-state index in [0.717, 1.165) is 12.3 Å². The van der Waals surface area contributed by atoms with E-state index in [-0.39, 0.29) is 0 Å². The van der Waals surface area contributed by atoms with Crippen LogP contribution in [-0.2, 0) is 20.8 Å². The van der Waals surface area contributed by atoms with Crippen LogP contribution in [0.15, 0.2) is 4.99 Å². The Labute approximate surface area is 71.9 Å². The number of nitrogens with zero attached hydrogens (tertiary/aromatic N) is 1. The molecule has 8 heavy (non-hydrogen) atoms. The summed E-state index contributed by atoms with van der Waals surface area (Å²) in [5, 5.41) is 0. The van der Waals surface area contributed by atoms with Crippen molar-refractivity contribution in [2.45, 2.75) is 0 Å². The van der Waals surface area contributed by atoms with Crippen molar-refractivity contribution in [1.29, 1.82) is 0 Å². The molecular formula is C3H4Cl2NSZr. The molecule has 1 nitrogen and oxygen atoms in total. The van der Waals surface area contributed by atoms with Crippen molar-refractivity contribution in [2.24, 2.45) is 4.99 Å². The quantitative estimate of drug-likeness (QED) is 0.639. The van der Waals surface area contributed by atoms with Crippen LogP contribution in [0, 0.1) is 0 Å². The summed E-state index contributed by atoms with van der Waals surface area (Å²) in [5.41, 5.74) is 2.76. The van der Waals surface area contributed by atoms with Crippen LogP contribution in [-0.4, -0.2) is 17.8 Å². The van der Waals surface area contributed by atoms with Gasteiger partial charge >= 0.3 is 37.9 Å². The first-order valence-corrected chi connectivity index (χ1v) is 9.23. The molecule has 1 rings (SSSR count). The molecule has 0 spiro atoms. The van der Waals surface area contributed by atoms with Crippen molar-refractivity contribution in [2.75, 3.05) is 12.3 Å². The molecule has 0 aliphatic carbocycles. The van der Waals surface area contributed by atoms with Gasteiger partial charge in [0.25, 0.3) is 0 Å². The van der Waals surface area contributed by atoms with Crippen molar-refractivity contribution in [1.82, 2.24) is 0 Å². The Morgan fingerprint density at radius 2 is 2.25 bits per heavy atom. The van der Waals surface area contributed by atoms with E-state index in [0.29, 0.717) is 0 Å². The van der Waals surface area contributed by atoms with Gasteiger partial charge in [0.05, 0.1) is 0 Å². The first kappa shape index (κ1) is 9.48. The molecular weight excluding hydrogens is 244 g/mol. The zero-order valence-corrected chi connectivity index (χ0v) is 8.81. The van der Waals surface area contributed by atoms with Crippen LogP contribution < -0.4 is 0 Å². The molecule has 0 bridgehead atoms. The normalized spacial score (nSPS) is 14.8. The molecule has 1 aliphatic rings. The zero-order valence-electron chi connectivity index (χ0n) is 4.03. The first-order chi connectivity index (χ1) is 3.91. The van der Waals surface area contributed by atoms with E-state index in [2.05, 4.69) is 10.5 Å². The summed E-state index contributed by atoms with van der Waals surface area (Å²) in [6.07, 6.45) is 0. The van der Waals surface area contributed by atoms with Gasteiger partial charge in [-0.25, -0.2) is 0 Å². The van der Waals surface area contributed by atoms with Crippen molar-refractivity contribution < 1.29 is 20.8 Å². The fourth-order valence-electron chi connectivity index (χ4n) is 0.228. The monoisotopic (exact) mass is 246 g/mol. The van der Waals surface area contributed by atoms with E-state index in [9.17, 15) is 0 Å². The van der Waals surface area contributed by atoms with Crippen LogP contribution in [0.4, 0.5) is 0 Å². The predicted molar refractivity (Wildman–Crippen MR) is 36.5 cm³/mol. The summed E-state index contributed by atoms with van der Waals surface area (Å²) in [4.78, 5) is 3.80. The van der Waals surface area contributed by atoms with Crippen LogP contribution in [0.2, 0.25) is 0 Å². The van der Waals surface area contributed by atoms with Gasteiger partial charge in [-0.3, -0.25) is 4.99 Å². The molecule has 1 heterocycles. The number of hydrogen-bond donors (Lipinski definition) is 0. The standard InChI is InChI=1S/C3H4NS.2ClH.Zr/c1-2-5-3-4-1;;;/h1-2H2;2*1H;/q;;;+2/p-2. The zero-order chi connectivity index (χ0) is 6.24. The van der Waals surface area contributed by atoms with Gasteiger partial charge in [-0.1, -0.05) is 0 Å². The third-order valence-corrected chi connectivity index (χ3v) is 1.08. The molecule has 0 saturated carbocycles. The number of thioether (sulfide) groups is 1. The second-order valence-electron chi connectivity index (χ2n) is 0.893. The van der Waals surface area contributed by atoms with Gasteiger partial charge in [0.2, 0.25) is 0 Å². The van der Waals surface area contributed by atoms with Crippen molar-refractivity contribution in [3.8, 4) is 0 Å². The molecule has 0 unspecified atom stereocenters. The van der Waals surface area contributed by atoms with Gasteiger partial charge in [-0.2, -0.15) is 0 Å². The van der Waals surface area contributed by atoms with Crippen molar-refractivity contribution in [3.05, 3.63) is 0 Å². The summed E-state index contributed by atoms with van der Waals surface area (Å²) >= 11 is 0.832. The maximum atomic E-state index is 4.93. The number of rotatable bonds is 0. The minimum atomic E-state index is -0.826. The summed E-state index contributed by atoms with van der Waals surface area (Å²) in [6, 6.07) is 0. The predicted octanol–water partition coefficient (Wildman–Crippen LogP) is 2.02. The average molecular weight is 248 g/mol. The van der Waals surface area contributed by atoms with Crippen LogP contribution >= 0.6 is 28.8 Å². The van der Waals surface area contributed by atoms with E-state index in [4.69, 9.17) is 17.0 Å². The second-order valence-corrected chi connectivity index (χ2v) is 5.50. The average Bonchev–Trinajstić information content (AvgIpc) is 2.17. The third kappa shape index (κ3) is 7.48. The SMILES string of the molecule is [C]1=NCCS1.[Cl][Zr][Cl]. The fourth-order valence-corrected chi connectivity index (χ4v) is 0.685. The molecule has 45 valence electrons. The maximum absolute atomic E-state index is 4.93. The molecule has 0 aromatic rings. The van der Waals surface area contributed by atoms with Crippen LogP contribution in [0.25, 0.3) is 0 Å². The molecule has 0 aromatic heterocycles. The fraction of sp³-hybridized carbons (Fsp3) is 0.667. The Hall–Kier alpha value is 1.48. The summed E-state index contributed by atoms with van der Waals surface area (Å²) in [7, 11) is 9.87. The van der Waals surface area contributed by atoms with Gasteiger partial charge in [0, 0.05) is 12.3 Å². The summed E-state index contributed by atoms with van der Waals surface area (Å²) in [6.45, 7) is 0.977. The van der Waals surface area contributed by atoms with Gasteiger partial charge in [-0.15, -0.1) is 11.8 Å². The molecule has 5 heteroatoms. The molecule has 0 fully saturated rings. The van der Waals surface area contributed by atoms with E-state index in [1.54, 1.807) is 11.8 Å². The Bertz CT molecular complexity index is 64.3. The molecule has 0 N–H and O–H groups in total.